The highest BCUT2D eigenvalue weighted by atomic mass is 19.1. The highest BCUT2D eigenvalue weighted by molar-refractivity contribution is 5.40. The van der Waals surface area contributed by atoms with Gasteiger partial charge in [-0.15, -0.1) is 0 Å². The zero-order valence-corrected chi connectivity index (χ0v) is 15.5. The maximum Gasteiger partial charge on any atom is 0.151 e. The summed E-state index contributed by atoms with van der Waals surface area (Å²) in [6, 6.07) is 19.6. The first-order chi connectivity index (χ1) is 13.7. The zero-order valence-electron chi connectivity index (χ0n) is 15.5. The van der Waals surface area contributed by atoms with Gasteiger partial charge in [0.2, 0.25) is 0 Å². The molecule has 3 aromatic carbocycles. The van der Waals surface area contributed by atoms with Crippen LogP contribution in [0.2, 0.25) is 0 Å². The first-order valence-corrected chi connectivity index (χ1v) is 9.16. The molecule has 1 N–H and O–H groups in total. The van der Waals surface area contributed by atoms with Crippen LogP contribution >= 0.6 is 0 Å². The summed E-state index contributed by atoms with van der Waals surface area (Å²) < 4.78 is 19.0. The number of halogens is 1. The number of fused-ring (bicyclic) bond motifs is 1. The lowest BCUT2D eigenvalue weighted by molar-refractivity contribution is 0.298. The van der Waals surface area contributed by atoms with E-state index in [4.69, 9.17) is 9.73 Å². The van der Waals surface area contributed by atoms with E-state index in [1.165, 1.54) is 6.07 Å². The maximum absolute atomic E-state index is 13.5. The van der Waals surface area contributed by atoms with Crippen LogP contribution in [0.3, 0.4) is 0 Å². The van der Waals surface area contributed by atoms with Crippen LogP contribution in [0.1, 0.15) is 17.3 Å². The Morgan fingerprint density at radius 2 is 1.89 bits per heavy atom. The molecule has 0 bridgehead atoms. The van der Waals surface area contributed by atoms with E-state index < -0.39 is 6.17 Å². The Morgan fingerprint density at radius 1 is 1.07 bits per heavy atom. The second kappa shape index (κ2) is 7.72. The molecule has 0 saturated carbocycles. The Hall–Kier alpha value is -3.34. The smallest absolute Gasteiger partial charge is 0.151 e. The van der Waals surface area contributed by atoms with Gasteiger partial charge in [-0.25, -0.2) is 4.39 Å². The average molecular weight is 376 g/mol. The Morgan fingerprint density at radius 3 is 2.68 bits per heavy atom. The number of methoxy groups -OCH3 is 1. The van der Waals surface area contributed by atoms with Crippen molar-refractivity contribution in [2.24, 2.45) is 4.99 Å². The lowest BCUT2D eigenvalue weighted by Gasteiger charge is -2.31. The van der Waals surface area contributed by atoms with E-state index in [2.05, 4.69) is 4.90 Å². The molecule has 0 radical (unpaired) electrons. The lowest BCUT2D eigenvalue weighted by atomic mass is 10.1. The van der Waals surface area contributed by atoms with Gasteiger partial charge in [0.15, 0.2) is 6.17 Å². The quantitative estimate of drug-likeness (QED) is 0.744. The van der Waals surface area contributed by atoms with Crippen LogP contribution in [0, 0.1) is 5.82 Å². The molecular formula is C23H21FN2O2. The topological polar surface area (TPSA) is 45.1 Å². The first kappa shape index (κ1) is 18.0. The van der Waals surface area contributed by atoms with Crippen molar-refractivity contribution in [3.8, 4) is 11.5 Å². The molecular weight excluding hydrogens is 355 g/mol. The van der Waals surface area contributed by atoms with Gasteiger partial charge in [0.1, 0.15) is 22.7 Å². The summed E-state index contributed by atoms with van der Waals surface area (Å²) in [7, 11) is 1.62. The van der Waals surface area contributed by atoms with Crippen LogP contribution in [0.25, 0.3) is 6.20 Å². The Kier molecular flexibility index (Phi) is 4.98. The molecule has 142 valence electrons. The number of phenols is 1. The first-order valence-electron chi connectivity index (χ1n) is 9.16. The summed E-state index contributed by atoms with van der Waals surface area (Å²) in [6.45, 7) is 0.628. The van der Waals surface area contributed by atoms with Gasteiger partial charge in [-0.1, -0.05) is 42.5 Å². The fraction of sp³-hybridized carbons (Fsp3) is 0.174. The van der Waals surface area contributed by atoms with Crippen molar-refractivity contribution >= 4 is 6.20 Å². The Balaban J connectivity index is 1.75. The highest BCUT2D eigenvalue weighted by Crippen LogP contribution is 2.30. The molecule has 1 unspecified atom stereocenters. The molecule has 1 atom stereocenters. The van der Waals surface area contributed by atoms with Gasteiger partial charge < -0.3 is 14.7 Å². The third kappa shape index (κ3) is 3.56. The van der Waals surface area contributed by atoms with Crippen LogP contribution in [0.5, 0.6) is 11.5 Å². The molecule has 1 aliphatic rings. The Labute approximate surface area is 162 Å². The van der Waals surface area contributed by atoms with Crippen molar-refractivity contribution in [1.82, 2.24) is 4.90 Å². The molecule has 0 saturated heterocycles. The average Bonchev–Trinajstić information content (AvgIpc) is 2.71. The molecule has 4 nitrogen and oxygen atoms in total. The summed E-state index contributed by atoms with van der Waals surface area (Å²) in [5, 5.41) is 12.1. The van der Waals surface area contributed by atoms with Crippen LogP contribution < -0.4 is 15.3 Å². The van der Waals surface area contributed by atoms with Gasteiger partial charge in [-0.2, -0.15) is 0 Å². The molecule has 28 heavy (non-hydrogen) atoms. The normalized spacial score (nSPS) is 15.4. The summed E-state index contributed by atoms with van der Waals surface area (Å²) in [6.07, 6.45) is 2.30. The summed E-state index contributed by atoms with van der Waals surface area (Å²) in [4.78, 5) is 6.97. The molecule has 1 aliphatic heterocycles. The zero-order chi connectivity index (χ0) is 19.5. The largest absolute Gasteiger partial charge is 0.508 e. The number of phenolic OH excluding ortho intramolecular Hbond substituents is 1. The van der Waals surface area contributed by atoms with Crippen LogP contribution in [-0.2, 0) is 6.42 Å². The molecule has 0 spiro atoms. The molecule has 0 aliphatic carbocycles. The SMILES string of the molecule is COc1cccc2c1=NC(c1ccccc1O)N(CCc1cccc(F)c1)C=2. The van der Waals surface area contributed by atoms with E-state index in [-0.39, 0.29) is 11.6 Å². The molecule has 0 fully saturated rings. The van der Waals surface area contributed by atoms with Gasteiger partial charge in [0.25, 0.3) is 0 Å². The monoisotopic (exact) mass is 376 g/mol. The number of benzene rings is 3. The minimum atomic E-state index is -0.390. The van der Waals surface area contributed by atoms with E-state index in [0.29, 0.717) is 18.7 Å². The van der Waals surface area contributed by atoms with Crippen molar-refractivity contribution in [3.63, 3.8) is 0 Å². The van der Waals surface area contributed by atoms with E-state index in [1.807, 2.05) is 42.6 Å². The highest BCUT2D eigenvalue weighted by Gasteiger charge is 2.23. The number of hydrogen-bond acceptors (Lipinski definition) is 4. The number of nitrogens with zero attached hydrogens (tertiary/aromatic N) is 2. The predicted octanol–water partition coefficient (Wildman–Crippen LogP) is 3.15. The van der Waals surface area contributed by atoms with Gasteiger partial charge in [0.05, 0.1) is 7.11 Å². The van der Waals surface area contributed by atoms with Crippen LogP contribution in [0.15, 0.2) is 71.7 Å². The molecule has 1 heterocycles. The second-order valence-corrected chi connectivity index (χ2v) is 6.71. The van der Waals surface area contributed by atoms with Crippen molar-refractivity contribution in [2.75, 3.05) is 13.7 Å². The van der Waals surface area contributed by atoms with E-state index in [9.17, 15) is 9.50 Å². The minimum absolute atomic E-state index is 0.193. The Bertz CT molecular complexity index is 1110. The van der Waals surface area contributed by atoms with Crippen molar-refractivity contribution < 1.29 is 14.2 Å². The van der Waals surface area contributed by atoms with Crippen molar-refractivity contribution in [2.45, 2.75) is 12.6 Å². The maximum atomic E-state index is 13.5. The predicted molar refractivity (Wildman–Crippen MR) is 106 cm³/mol. The number of aromatic hydroxyl groups is 1. The van der Waals surface area contributed by atoms with Crippen LogP contribution in [0.4, 0.5) is 4.39 Å². The van der Waals surface area contributed by atoms with E-state index in [1.54, 1.807) is 31.4 Å². The lowest BCUT2D eigenvalue weighted by Crippen LogP contribution is -2.39. The summed E-state index contributed by atoms with van der Waals surface area (Å²) in [5.74, 6) is 0.648. The van der Waals surface area contributed by atoms with Crippen molar-refractivity contribution in [3.05, 3.63) is 94.3 Å². The fourth-order valence-electron chi connectivity index (χ4n) is 3.48. The number of rotatable bonds is 5. The standard InChI is InChI=1S/C23H21FN2O2/c1-28-21-11-5-7-17-15-26(13-12-16-6-4-8-18(24)14-16)23(25-22(17)21)19-9-2-3-10-20(19)27/h2-11,14-15,23,27H,12-13H2,1H3. The summed E-state index contributed by atoms with van der Waals surface area (Å²) in [5.41, 5.74) is 1.63. The van der Waals surface area contributed by atoms with Gasteiger partial charge in [0, 0.05) is 23.5 Å². The summed E-state index contributed by atoms with van der Waals surface area (Å²) >= 11 is 0. The molecule has 0 amide bonds. The molecule has 4 rings (SSSR count). The third-order valence-corrected chi connectivity index (χ3v) is 4.88. The minimum Gasteiger partial charge on any atom is -0.508 e. The van der Waals surface area contributed by atoms with Gasteiger partial charge >= 0.3 is 0 Å². The molecule has 5 heteroatoms. The van der Waals surface area contributed by atoms with Gasteiger partial charge in [-0.3, -0.25) is 4.99 Å². The number of hydrogen-bond donors (Lipinski definition) is 1. The van der Waals surface area contributed by atoms with Crippen molar-refractivity contribution in [1.29, 1.82) is 0 Å². The van der Waals surface area contributed by atoms with Crippen LogP contribution in [-0.4, -0.2) is 23.7 Å². The molecule has 0 aromatic heterocycles. The van der Waals surface area contributed by atoms with Gasteiger partial charge in [-0.05, 0) is 36.2 Å². The van der Waals surface area contributed by atoms with E-state index in [0.717, 1.165) is 21.7 Å². The molecule has 3 aromatic rings. The second-order valence-electron chi connectivity index (χ2n) is 6.71. The number of para-hydroxylation sites is 2. The third-order valence-electron chi connectivity index (χ3n) is 4.88. The number of ether oxygens (including phenoxy) is 1. The van der Waals surface area contributed by atoms with E-state index >= 15 is 0 Å². The fourth-order valence-corrected chi connectivity index (χ4v) is 3.48.